The van der Waals surface area contributed by atoms with Gasteiger partial charge in [0, 0.05) is 32.7 Å². The van der Waals surface area contributed by atoms with E-state index in [1.54, 1.807) is 0 Å². The van der Waals surface area contributed by atoms with Crippen LogP contribution in [-0.2, 0) is 4.79 Å². The quantitative estimate of drug-likeness (QED) is 0.853. The lowest BCUT2D eigenvalue weighted by Crippen LogP contribution is -2.48. The van der Waals surface area contributed by atoms with E-state index in [2.05, 4.69) is 11.8 Å². The number of hydrogen-bond donors (Lipinski definition) is 1. The fraction of sp³-hybridized carbons (Fsp3) is 0.938. The summed E-state index contributed by atoms with van der Waals surface area (Å²) in [7, 11) is 1.90. The summed E-state index contributed by atoms with van der Waals surface area (Å²) in [6.07, 6.45) is 7.85. The molecular weight excluding hydrogens is 250 g/mol. The Morgan fingerprint density at radius 3 is 2.30 bits per heavy atom. The predicted molar refractivity (Wildman–Crippen MR) is 82.4 cm³/mol. The van der Waals surface area contributed by atoms with E-state index in [0.29, 0.717) is 6.04 Å². The molecule has 1 aliphatic heterocycles. The molecule has 0 atom stereocenters. The zero-order valence-electron chi connectivity index (χ0n) is 13.2. The maximum atomic E-state index is 11.6. The fourth-order valence-corrected chi connectivity index (χ4v) is 3.71. The summed E-state index contributed by atoms with van der Waals surface area (Å²) in [5, 5.41) is 0. The Bertz CT molecular complexity index is 305. The van der Waals surface area contributed by atoms with E-state index in [0.717, 1.165) is 37.8 Å². The molecule has 2 aliphatic rings. The van der Waals surface area contributed by atoms with E-state index >= 15 is 0 Å². The first-order chi connectivity index (χ1) is 9.60. The SMILES string of the molecule is CC1CCC(CN2CCC(N(C)C(=O)CN)CC2)CC1. The zero-order valence-corrected chi connectivity index (χ0v) is 13.2. The van der Waals surface area contributed by atoms with Crippen molar-refractivity contribution in [1.82, 2.24) is 9.80 Å². The van der Waals surface area contributed by atoms with Gasteiger partial charge in [0.15, 0.2) is 0 Å². The standard InChI is InChI=1S/C16H31N3O/c1-13-3-5-14(6-4-13)12-19-9-7-15(8-10-19)18(2)16(20)11-17/h13-15H,3-12,17H2,1-2H3. The van der Waals surface area contributed by atoms with Crippen molar-refractivity contribution >= 4 is 5.91 Å². The molecule has 1 saturated heterocycles. The third-order valence-corrected chi connectivity index (χ3v) is 5.32. The summed E-state index contributed by atoms with van der Waals surface area (Å²) in [5.41, 5.74) is 5.44. The molecular formula is C16H31N3O. The van der Waals surface area contributed by atoms with Crippen LogP contribution in [0.2, 0.25) is 0 Å². The van der Waals surface area contributed by atoms with E-state index in [-0.39, 0.29) is 12.5 Å². The lowest BCUT2D eigenvalue weighted by molar-refractivity contribution is -0.131. The van der Waals surface area contributed by atoms with Crippen LogP contribution in [0, 0.1) is 11.8 Å². The first-order valence-corrected chi connectivity index (χ1v) is 8.28. The molecule has 1 heterocycles. The molecule has 0 spiro atoms. The maximum absolute atomic E-state index is 11.6. The van der Waals surface area contributed by atoms with Crippen LogP contribution in [0.1, 0.15) is 45.4 Å². The van der Waals surface area contributed by atoms with Gasteiger partial charge >= 0.3 is 0 Å². The fourth-order valence-electron chi connectivity index (χ4n) is 3.71. The minimum absolute atomic E-state index is 0.0738. The highest BCUT2D eigenvalue weighted by molar-refractivity contribution is 5.78. The highest BCUT2D eigenvalue weighted by Gasteiger charge is 2.27. The second-order valence-corrected chi connectivity index (χ2v) is 6.87. The minimum atomic E-state index is 0.0738. The summed E-state index contributed by atoms with van der Waals surface area (Å²) >= 11 is 0. The van der Waals surface area contributed by atoms with Crippen molar-refractivity contribution in [3.05, 3.63) is 0 Å². The third-order valence-electron chi connectivity index (χ3n) is 5.32. The molecule has 20 heavy (non-hydrogen) atoms. The molecule has 0 aromatic carbocycles. The van der Waals surface area contributed by atoms with Crippen molar-refractivity contribution in [2.75, 3.05) is 33.2 Å². The van der Waals surface area contributed by atoms with Crippen LogP contribution in [-0.4, -0.2) is 55.0 Å². The lowest BCUT2D eigenvalue weighted by Gasteiger charge is -2.39. The van der Waals surface area contributed by atoms with Crippen molar-refractivity contribution in [2.24, 2.45) is 17.6 Å². The Balaban J connectivity index is 1.70. The van der Waals surface area contributed by atoms with Gasteiger partial charge in [-0.3, -0.25) is 4.79 Å². The predicted octanol–water partition coefficient (Wildman–Crippen LogP) is 1.69. The Morgan fingerprint density at radius 2 is 1.75 bits per heavy atom. The molecule has 4 nitrogen and oxygen atoms in total. The van der Waals surface area contributed by atoms with Gasteiger partial charge in [0.25, 0.3) is 0 Å². The third kappa shape index (κ3) is 4.19. The molecule has 1 amide bonds. The summed E-state index contributed by atoms with van der Waals surface area (Å²) < 4.78 is 0. The number of carbonyl (C=O) groups excluding carboxylic acids is 1. The summed E-state index contributed by atoms with van der Waals surface area (Å²) in [4.78, 5) is 16.1. The highest BCUT2D eigenvalue weighted by Crippen LogP contribution is 2.29. The van der Waals surface area contributed by atoms with Crippen molar-refractivity contribution in [3.8, 4) is 0 Å². The first-order valence-electron chi connectivity index (χ1n) is 8.28. The minimum Gasteiger partial charge on any atom is -0.342 e. The average molecular weight is 281 g/mol. The lowest BCUT2D eigenvalue weighted by atomic mass is 9.82. The topological polar surface area (TPSA) is 49.6 Å². The Kier molecular flexibility index (Phi) is 5.85. The van der Waals surface area contributed by atoms with Crippen LogP contribution >= 0.6 is 0 Å². The van der Waals surface area contributed by atoms with Crippen molar-refractivity contribution in [2.45, 2.75) is 51.5 Å². The zero-order chi connectivity index (χ0) is 14.5. The molecule has 0 aromatic heterocycles. The monoisotopic (exact) mass is 281 g/mol. The second-order valence-electron chi connectivity index (χ2n) is 6.87. The van der Waals surface area contributed by atoms with Gasteiger partial charge in [-0.05, 0) is 37.5 Å². The molecule has 0 unspecified atom stereocenters. The number of likely N-dealkylation sites (N-methyl/N-ethyl adjacent to an activating group) is 1. The number of nitrogens with two attached hydrogens (primary N) is 1. The molecule has 0 aromatic rings. The van der Waals surface area contributed by atoms with Gasteiger partial charge in [-0.25, -0.2) is 0 Å². The number of rotatable bonds is 4. The number of carbonyl (C=O) groups is 1. The highest BCUT2D eigenvalue weighted by atomic mass is 16.2. The molecule has 2 fully saturated rings. The number of likely N-dealkylation sites (tertiary alicyclic amines) is 1. The van der Waals surface area contributed by atoms with Gasteiger partial charge in [-0.1, -0.05) is 19.8 Å². The van der Waals surface area contributed by atoms with E-state index in [1.165, 1.54) is 32.2 Å². The summed E-state index contributed by atoms with van der Waals surface area (Å²) in [6, 6.07) is 0.397. The van der Waals surface area contributed by atoms with Crippen LogP contribution < -0.4 is 5.73 Å². The van der Waals surface area contributed by atoms with Gasteiger partial charge in [-0.15, -0.1) is 0 Å². The van der Waals surface area contributed by atoms with Gasteiger partial charge < -0.3 is 15.5 Å². The van der Waals surface area contributed by atoms with Gasteiger partial charge in [0.2, 0.25) is 5.91 Å². The van der Waals surface area contributed by atoms with Crippen LogP contribution in [0.15, 0.2) is 0 Å². The molecule has 116 valence electrons. The van der Waals surface area contributed by atoms with Gasteiger partial charge in [0.05, 0.1) is 6.54 Å². The smallest absolute Gasteiger partial charge is 0.236 e. The van der Waals surface area contributed by atoms with E-state index in [1.807, 2.05) is 11.9 Å². The van der Waals surface area contributed by atoms with Crippen molar-refractivity contribution < 1.29 is 4.79 Å². The Hall–Kier alpha value is -0.610. The van der Waals surface area contributed by atoms with Crippen molar-refractivity contribution in [1.29, 1.82) is 0 Å². The molecule has 2 N–H and O–H groups in total. The summed E-state index contributed by atoms with van der Waals surface area (Å²) in [6.45, 7) is 6.06. The van der Waals surface area contributed by atoms with Gasteiger partial charge in [-0.2, -0.15) is 0 Å². The van der Waals surface area contributed by atoms with Crippen LogP contribution in [0.3, 0.4) is 0 Å². The normalized spacial score (nSPS) is 29.4. The van der Waals surface area contributed by atoms with E-state index in [4.69, 9.17) is 5.73 Å². The molecule has 1 aliphatic carbocycles. The van der Waals surface area contributed by atoms with Crippen LogP contribution in [0.25, 0.3) is 0 Å². The number of hydrogen-bond acceptors (Lipinski definition) is 3. The molecule has 2 rings (SSSR count). The van der Waals surface area contributed by atoms with Crippen LogP contribution in [0.4, 0.5) is 0 Å². The number of nitrogens with zero attached hydrogens (tertiary/aromatic N) is 2. The molecule has 0 bridgehead atoms. The molecule has 1 saturated carbocycles. The second kappa shape index (κ2) is 7.41. The van der Waals surface area contributed by atoms with Crippen LogP contribution in [0.5, 0.6) is 0 Å². The van der Waals surface area contributed by atoms with E-state index in [9.17, 15) is 4.79 Å². The van der Waals surface area contributed by atoms with Gasteiger partial charge in [0.1, 0.15) is 0 Å². The van der Waals surface area contributed by atoms with E-state index < -0.39 is 0 Å². The summed E-state index contributed by atoms with van der Waals surface area (Å²) in [5.74, 6) is 1.92. The largest absolute Gasteiger partial charge is 0.342 e. The van der Waals surface area contributed by atoms with Crippen molar-refractivity contribution in [3.63, 3.8) is 0 Å². The maximum Gasteiger partial charge on any atom is 0.236 e. The first kappa shape index (κ1) is 15.8. The average Bonchev–Trinajstić information content (AvgIpc) is 2.49. The number of piperidine rings is 1. The number of amides is 1. The molecule has 0 radical (unpaired) electrons. The molecule has 4 heteroatoms. The Morgan fingerprint density at radius 1 is 1.15 bits per heavy atom. The Labute approximate surface area is 123 Å².